The number of thioether (sulfide) groups is 1. The van der Waals surface area contributed by atoms with E-state index in [9.17, 15) is 0 Å². The molecule has 1 saturated carbocycles. The van der Waals surface area contributed by atoms with Crippen molar-refractivity contribution in [2.45, 2.75) is 36.6 Å². The Labute approximate surface area is 168 Å². The van der Waals surface area contributed by atoms with Gasteiger partial charge in [-0.15, -0.1) is 0 Å². The molecule has 27 heavy (non-hydrogen) atoms. The number of likely N-dealkylation sites (N-methyl/N-ethyl adjacent to an activating group) is 1. The standard InChI is InChI=1S/C20H34N4O2S/c1-21-20(23-15-8-9-16(12-15)27-6)22-13-17(24(2)3)14-7-10-18(25-4)19(11-14)26-5/h7,10-11,15-17H,8-9,12-13H2,1-6H3,(H2,21,22,23). The second-order valence-corrected chi connectivity index (χ2v) is 8.20. The zero-order valence-corrected chi connectivity index (χ0v) is 18.2. The lowest BCUT2D eigenvalue weighted by Crippen LogP contribution is -2.45. The molecule has 1 aromatic carbocycles. The summed E-state index contributed by atoms with van der Waals surface area (Å²) in [5.41, 5.74) is 1.17. The number of hydrogen-bond acceptors (Lipinski definition) is 5. The summed E-state index contributed by atoms with van der Waals surface area (Å²) in [7, 11) is 9.32. The largest absolute Gasteiger partial charge is 0.493 e. The van der Waals surface area contributed by atoms with Gasteiger partial charge in [0.25, 0.3) is 0 Å². The molecule has 152 valence electrons. The molecule has 0 aromatic heterocycles. The molecule has 0 heterocycles. The molecular formula is C20H34N4O2S. The van der Waals surface area contributed by atoms with Crippen molar-refractivity contribution in [3.8, 4) is 11.5 Å². The molecule has 2 N–H and O–H groups in total. The van der Waals surface area contributed by atoms with Gasteiger partial charge in [0.1, 0.15) is 0 Å². The molecule has 0 aliphatic heterocycles. The highest BCUT2D eigenvalue weighted by atomic mass is 32.2. The van der Waals surface area contributed by atoms with Gasteiger partial charge in [-0.05, 0) is 57.3 Å². The van der Waals surface area contributed by atoms with Crippen molar-refractivity contribution in [3.05, 3.63) is 23.8 Å². The predicted molar refractivity (Wildman–Crippen MR) is 115 cm³/mol. The first-order chi connectivity index (χ1) is 13.0. The molecule has 1 aliphatic carbocycles. The SMILES string of the molecule is CN=C(NCC(c1ccc(OC)c(OC)c1)N(C)C)NC1CCC(SC)C1. The van der Waals surface area contributed by atoms with Gasteiger partial charge in [0, 0.05) is 24.9 Å². The lowest BCUT2D eigenvalue weighted by atomic mass is 10.1. The van der Waals surface area contributed by atoms with Crippen molar-refractivity contribution in [3.63, 3.8) is 0 Å². The van der Waals surface area contributed by atoms with Crippen molar-refractivity contribution in [1.29, 1.82) is 0 Å². The maximum Gasteiger partial charge on any atom is 0.191 e. The van der Waals surface area contributed by atoms with Crippen LogP contribution in [0.2, 0.25) is 0 Å². The molecule has 2 rings (SSSR count). The highest BCUT2D eigenvalue weighted by Gasteiger charge is 2.25. The number of guanidine groups is 1. The van der Waals surface area contributed by atoms with Gasteiger partial charge in [-0.1, -0.05) is 6.07 Å². The zero-order chi connectivity index (χ0) is 19.8. The molecule has 3 unspecified atom stereocenters. The van der Waals surface area contributed by atoms with Crippen LogP contribution in [0.3, 0.4) is 0 Å². The summed E-state index contributed by atoms with van der Waals surface area (Å²) in [4.78, 5) is 6.61. The van der Waals surface area contributed by atoms with Crippen molar-refractivity contribution < 1.29 is 9.47 Å². The molecule has 0 spiro atoms. The summed E-state index contributed by atoms with van der Waals surface area (Å²) in [6.45, 7) is 0.751. The molecule has 7 heteroatoms. The first-order valence-corrected chi connectivity index (χ1v) is 10.7. The van der Waals surface area contributed by atoms with E-state index in [1.807, 2.05) is 30.9 Å². The molecule has 6 nitrogen and oxygen atoms in total. The lowest BCUT2D eigenvalue weighted by molar-refractivity contribution is 0.295. The molecule has 0 amide bonds. The predicted octanol–water partition coefficient (Wildman–Crippen LogP) is 2.76. The van der Waals surface area contributed by atoms with Crippen LogP contribution in [0.5, 0.6) is 11.5 Å². The first kappa shape index (κ1) is 21.7. The second-order valence-electron chi connectivity index (χ2n) is 7.06. The van der Waals surface area contributed by atoms with E-state index >= 15 is 0 Å². The van der Waals surface area contributed by atoms with E-state index in [0.29, 0.717) is 6.04 Å². The van der Waals surface area contributed by atoms with Crippen molar-refractivity contribution in [2.24, 2.45) is 4.99 Å². The molecule has 1 aromatic rings. The van der Waals surface area contributed by atoms with Crippen LogP contribution >= 0.6 is 11.8 Å². The van der Waals surface area contributed by atoms with Crippen molar-refractivity contribution in [2.75, 3.05) is 48.2 Å². The number of methoxy groups -OCH3 is 2. The Hall–Kier alpha value is -1.60. The number of rotatable bonds is 8. The van der Waals surface area contributed by atoms with Crippen LogP contribution in [0.15, 0.2) is 23.2 Å². The van der Waals surface area contributed by atoms with E-state index in [1.54, 1.807) is 14.2 Å². The van der Waals surface area contributed by atoms with Gasteiger partial charge < -0.3 is 25.0 Å². The summed E-state index contributed by atoms with van der Waals surface area (Å²) in [6.07, 6.45) is 5.89. The van der Waals surface area contributed by atoms with Crippen LogP contribution in [0.25, 0.3) is 0 Å². The Morgan fingerprint density at radius 3 is 2.56 bits per heavy atom. The Bertz CT molecular complexity index is 624. The van der Waals surface area contributed by atoms with Crippen molar-refractivity contribution >= 4 is 17.7 Å². The van der Waals surface area contributed by atoms with Gasteiger partial charge in [0.15, 0.2) is 17.5 Å². The van der Waals surface area contributed by atoms with Gasteiger partial charge in [0.2, 0.25) is 0 Å². The Kier molecular flexibility index (Phi) is 8.57. The zero-order valence-electron chi connectivity index (χ0n) is 17.4. The molecule has 0 radical (unpaired) electrons. The minimum absolute atomic E-state index is 0.186. The minimum Gasteiger partial charge on any atom is -0.493 e. The van der Waals surface area contributed by atoms with Crippen LogP contribution in [0, 0.1) is 0 Å². The Morgan fingerprint density at radius 2 is 2.00 bits per heavy atom. The number of nitrogens with zero attached hydrogens (tertiary/aromatic N) is 2. The third kappa shape index (κ3) is 5.94. The van der Waals surface area contributed by atoms with E-state index in [1.165, 1.54) is 24.8 Å². The maximum absolute atomic E-state index is 5.46. The van der Waals surface area contributed by atoms with Gasteiger partial charge in [0.05, 0.1) is 20.3 Å². The Balaban J connectivity index is 2.01. The fourth-order valence-corrected chi connectivity index (χ4v) is 4.32. The first-order valence-electron chi connectivity index (χ1n) is 9.40. The van der Waals surface area contributed by atoms with E-state index in [0.717, 1.165) is 29.3 Å². The van der Waals surface area contributed by atoms with Crippen LogP contribution in [0.4, 0.5) is 0 Å². The van der Waals surface area contributed by atoms with Crippen LogP contribution in [-0.2, 0) is 0 Å². The van der Waals surface area contributed by atoms with Gasteiger partial charge in [-0.25, -0.2) is 0 Å². The highest BCUT2D eigenvalue weighted by Crippen LogP contribution is 2.31. The molecule has 0 bridgehead atoms. The number of aliphatic imine (C=N–C) groups is 1. The summed E-state index contributed by atoms with van der Waals surface area (Å²) in [6, 6.07) is 6.78. The van der Waals surface area contributed by atoms with Gasteiger partial charge in [-0.3, -0.25) is 4.99 Å². The Morgan fingerprint density at radius 1 is 1.26 bits per heavy atom. The van der Waals surface area contributed by atoms with Crippen LogP contribution in [-0.4, -0.2) is 70.3 Å². The molecule has 0 saturated heterocycles. The second kappa shape index (κ2) is 10.7. The van der Waals surface area contributed by atoms with E-state index < -0.39 is 0 Å². The average Bonchev–Trinajstić information content (AvgIpc) is 3.14. The summed E-state index contributed by atoms with van der Waals surface area (Å²) >= 11 is 1.97. The smallest absolute Gasteiger partial charge is 0.191 e. The lowest BCUT2D eigenvalue weighted by Gasteiger charge is -2.27. The van der Waals surface area contributed by atoms with Crippen LogP contribution in [0.1, 0.15) is 30.9 Å². The van der Waals surface area contributed by atoms with Gasteiger partial charge in [-0.2, -0.15) is 11.8 Å². The average molecular weight is 395 g/mol. The fourth-order valence-electron chi connectivity index (χ4n) is 3.53. The monoisotopic (exact) mass is 394 g/mol. The van der Waals surface area contributed by atoms with Crippen LogP contribution < -0.4 is 20.1 Å². The number of benzene rings is 1. The summed E-state index contributed by atoms with van der Waals surface area (Å²) < 4.78 is 10.8. The van der Waals surface area contributed by atoms with E-state index in [-0.39, 0.29) is 6.04 Å². The molecule has 3 atom stereocenters. The molecular weight excluding hydrogens is 360 g/mol. The topological polar surface area (TPSA) is 58.1 Å². The third-order valence-corrected chi connectivity index (χ3v) is 6.26. The van der Waals surface area contributed by atoms with E-state index in [4.69, 9.17) is 9.47 Å². The molecule has 1 fully saturated rings. The van der Waals surface area contributed by atoms with Gasteiger partial charge >= 0.3 is 0 Å². The quantitative estimate of drug-likeness (QED) is 0.522. The maximum atomic E-state index is 5.46. The highest BCUT2D eigenvalue weighted by molar-refractivity contribution is 7.99. The molecule has 1 aliphatic rings. The number of hydrogen-bond donors (Lipinski definition) is 2. The normalized spacial score (nSPS) is 21.2. The minimum atomic E-state index is 0.186. The summed E-state index contributed by atoms with van der Waals surface area (Å²) in [5, 5.41) is 7.84. The number of nitrogens with one attached hydrogen (secondary N) is 2. The van der Waals surface area contributed by atoms with E-state index in [2.05, 4.69) is 46.9 Å². The third-order valence-electron chi connectivity index (χ3n) is 5.16. The number of ether oxygens (including phenoxy) is 2. The summed E-state index contributed by atoms with van der Waals surface area (Å²) in [5.74, 6) is 2.36. The fraction of sp³-hybridized carbons (Fsp3) is 0.650. The van der Waals surface area contributed by atoms with Crippen molar-refractivity contribution in [1.82, 2.24) is 15.5 Å².